The number of hydrogen-bond acceptors (Lipinski definition) is 0. The molecular formula is C9H16. The van der Waals surface area contributed by atoms with Gasteiger partial charge in [0.2, 0.25) is 0 Å². The van der Waals surface area contributed by atoms with Gasteiger partial charge >= 0.3 is 0 Å². The van der Waals surface area contributed by atoms with Crippen LogP contribution < -0.4 is 0 Å². The van der Waals surface area contributed by atoms with Gasteiger partial charge in [-0.1, -0.05) is 20.3 Å². The van der Waals surface area contributed by atoms with E-state index in [1.807, 2.05) is 0 Å². The molecule has 2 rings (SSSR count). The zero-order valence-electron chi connectivity index (χ0n) is 6.48. The molecule has 0 nitrogen and oxygen atoms in total. The molecule has 0 aromatic carbocycles. The minimum Gasteiger partial charge on any atom is -0.0596 e. The van der Waals surface area contributed by atoms with Gasteiger partial charge in [0.15, 0.2) is 0 Å². The molecular weight excluding hydrogens is 108 g/mol. The number of fused-ring (bicyclic) bond motifs is 2. The molecule has 2 aliphatic rings. The minimum atomic E-state index is 0.711. The molecule has 2 saturated carbocycles. The van der Waals surface area contributed by atoms with E-state index in [2.05, 4.69) is 13.8 Å². The predicted molar refractivity (Wildman–Crippen MR) is 39.2 cm³/mol. The Morgan fingerprint density at radius 1 is 1.22 bits per heavy atom. The summed E-state index contributed by atoms with van der Waals surface area (Å²) in [4.78, 5) is 0. The molecule has 0 saturated heterocycles. The molecule has 0 aromatic heterocycles. The molecule has 2 bridgehead atoms. The standard InChI is InChI=1S/C9H16/c1-9(2)6-7-3-4-8(9)5-7/h7-8H,3-6H2,1-2H3/t7-,8?/m1/s1. The van der Waals surface area contributed by atoms with Crippen LogP contribution in [0, 0.1) is 17.3 Å². The Labute approximate surface area is 57.6 Å². The third-order valence-electron chi connectivity index (χ3n) is 3.46. The zero-order valence-corrected chi connectivity index (χ0v) is 6.48. The molecule has 52 valence electrons. The highest BCUT2D eigenvalue weighted by Gasteiger charge is 2.44. The van der Waals surface area contributed by atoms with Gasteiger partial charge in [-0.3, -0.25) is 0 Å². The zero-order chi connectivity index (χ0) is 6.48. The summed E-state index contributed by atoms with van der Waals surface area (Å²) in [7, 11) is 0. The van der Waals surface area contributed by atoms with Gasteiger partial charge in [0, 0.05) is 0 Å². The van der Waals surface area contributed by atoms with E-state index < -0.39 is 0 Å². The first-order valence-corrected chi connectivity index (χ1v) is 4.18. The molecule has 2 atom stereocenters. The summed E-state index contributed by atoms with van der Waals surface area (Å²) >= 11 is 0. The van der Waals surface area contributed by atoms with Crippen LogP contribution >= 0.6 is 0 Å². The van der Waals surface area contributed by atoms with E-state index in [9.17, 15) is 0 Å². The molecule has 2 aliphatic carbocycles. The smallest absolute Gasteiger partial charge is 0.0323 e. The van der Waals surface area contributed by atoms with Crippen molar-refractivity contribution < 1.29 is 0 Å². The van der Waals surface area contributed by atoms with Crippen LogP contribution in [0.4, 0.5) is 0 Å². The number of hydrogen-bond donors (Lipinski definition) is 0. The van der Waals surface area contributed by atoms with Gasteiger partial charge in [0.1, 0.15) is 0 Å². The van der Waals surface area contributed by atoms with Crippen molar-refractivity contribution in [3.8, 4) is 0 Å². The second kappa shape index (κ2) is 1.53. The molecule has 0 aliphatic heterocycles. The van der Waals surface area contributed by atoms with Gasteiger partial charge in [-0.05, 0) is 36.5 Å². The normalized spacial score (nSPS) is 46.0. The van der Waals surface area contributed by atoms with E-state index in [0.29, 0.717) is 5.41 Å². The van der Waals surface area contributed by atoms with Crippen molar-refractivity contribution in [2.45, 2.75) is 39.5 Å². The van der Waals surface area contributed by atoms with Crippen LogP contribution in [-0.2, 0) is 0 Å². The Hall–Kier alpha value is 0. The molecule has 9 heavy (non-hydrogen) atoms. The third kappa shape index (κ3) is 0.720. The van der Waals surface area contributed by atoms with E-state index in [4.69, 9.17) is 0 Å². The first kappa shape index (κ1) is 5.76. The Morgan fingerprint density at radius 2 is 2.00 bits per heavy atom. The topological polar surface area (TPSA) is 0 Å². The first-order chi connectivity index (χ1) is 4.18. The van der Waals surface area contributed by atoms with Gasteiger partial charge in [-0.2, -0.15) is 0 Å². The summed E-state index contributed by atoms with van der Waals surface area (Å²) in [5.41, 5.74) is 0.711. The second-order valence-electron chi connectivity index (χ2n) is 4.57. The fourth-order valence-electron chi connectivity index (χ4n) is 2.88. The van der Waals surface area contributed by atoms with Crippen LogP contribution in [0.1, 0.15) is 39.5 Å². The highest BCUT2D eigenvalue weighted by atomic mass is 14.5. The molecule has 0 spiro atoms. The minimum absolute atomic E-state index is 0.711. The van der Waals surface area contributed by atoms with E-state index in [-0.39, 0.29) is 0 Å². The lowest BCUT2D eigenvalue weighted by atomic mass is 9.77. The molecule has 0 radical (unpaired) electrons. The lowest BCUT2D eigenvalue weighted by molar-refractivity contribution is 0.217. The van der Waals surface area contributed by atoms with Crippen LogP contribution in [-0.4, -0.2) is 0 Å². The fraction of sp³-hybridized carbons (Fsp3) is 1.00. The van der Waals surface area contributed by atoms with Gasteiger partial charge in [0.25, 0.3) is 0 Å². The van der Waals surface area contributed by atoms with Gasteiger partial charge in [0.05, 0.1) is 0 Å². The largest absolute Gasteiger partial charge is 0.0596 e. The van der Waals surface area contributed by atoms with Gasteiger partial charge in [-0.25, -0.2) is 0 Å². The molecule has 2 fully saturated rings. The van der Waals surface area contributed by atoms with Crippen molar-refractivity contribution in [3.05, 3.63) is 0 Å². The highest BCUT2D eigenvalue weighted by molar-refractivity contribution is 4.95. The highest BCUT2D eigenvalue weighted by Crippen LogP contribution is 2.55. The molecule has 1 unspecified atom stereocenters. The lowest BCUT2D eigenvalue weighted by Crippen LogP contribution is -2.19. The van der Waals surface area contributed by atoms with Crippen LogP contribution in [0.15, 0.2) is 0 Å². The Balaban J connectivity index is 2.18. The predicted octanol–water partition coefficient (Wildman–Crippen LogP) is 2.83. The Morgan fingerprint density at radius 3 is 2.22 bits per heavy atom. The average molecular weight is 124 g/mol. The molecule has 0 N–H and O–H groups in total. The quantitative estimate of drug-likeness (QED) is 0.466. The average Bonchev–Trinajstić information content (AvgIpc) is 2.19. The molecule has 0 heterocycles. The van der Waals surface area contributed by atoms with E-state index >= 15 is 0 Å². The maximum atomic E-state index is 2.44. The number of rotatable bonds is 0. The SMILES string of the molecule is CC1(C)C[C@@H]2CCC1C2. The summed E-state index contributed by atoms with van der Waals surface area (Å²) in [6, 6.07) is 0. The Kier molecular flexibility index (Phi) is 0.980. The second-order valence-corrected chi connectivity index (χ2v) is 4.57. The fourth-order valence-corrected chi connectivity index (χ4v) is 2.88. The van der Waals surface area contributed by atoms with Crippen LogP contribution in [0.5, 0.6) is 0 Å². The van der Waals surface area contributed by atoms with Crippen molar-refractivity contribution in [3.63, 3.8) is 0 Å². The van der Waals surface area contributed by atoms with Crippen LogP contribution in [0.25, 0.3) is 0 Å². The summed E-state index contributed by atoms with van der Waals surface area (Å²) < 4.78 is 0. The van der Waals surface area contributed by atoms with Crippen LogP contribution in [0.3, 0.4) is 0 Å². The van der Waals surface area contributed by atoms with Crippen molar-refractivity contribution in [2.75, 3.05) is 0 Å². The molecule has 0 heteroatoms. The lowest BCUT2D eigenvalue weighted by Gasteiger charge is -2.29. The monoisotopic (exact) mass is 124 g/mol. The van der Waals surface area contributed by atoms with Crippen molar-refractivity contribution in [1.82, 2.24) is 0 Å². The van der Waals surface area contributed by atoms with Crippen molar-refractivity contribution in [2.24, 2.45) is 17.3 Å². The molecule has 0 amide bonds. The summed E-state index contributed by atoms with van der Waals surface area (Å²) in [6.45, 7) is 4.88. The van der Waals surface area contributed by atoms with E-state index in [1.165, 1.54) is 19.3 Å². The maximum absolute atomic E-state index is 2.44. The van der Waals surface area contributed by atoms with Gasteiger partial charge in [-0.15, -0.1) is 0 Å². The maximum Gasteiger partial charge on any atom is -0.0323 e. The third-order valence-corrected chi connectivity index (χ3v) is 3.46. The van der Waals surface area contributed by atoms with Crippen molar-refractivity contribution in [1.29, 1.82) is 0 Å². The van der Waals surface area contributed by atoms with Crippen LogP contribution in [0.2, 0.25) is 0 Å². The van der Waals surface area contributed by atoms with Gasteiger partial charge < -0.3 is 0 Å². The van der Waals surface area contributed by atoms with Crippen molar-refractivity contribution >= 4 is 0 Å². The van der Waals surface area contributed by atoms with E-state index in [0.717, 1.165) is 11.8 Å². The first-order valence-electron chi connectivity index (χ1n) is 4.18. The van der Waals surface area contributed by atoms with E-state index in [1.54, 1.807) is 6.42 Å². The summed E-state index contributed by atoms with van der Waals surface area (Å²) in [5.74, 6) is 2.20. The summed E-state index contributed by atoms with van der Waals surface area (Å²) in [6.07, 6.45) is 6.12. The summed E-state index contributed by atoms with van der Waals surface area (Å²) in [5, 5.41) is 0. The molecule has 0 aromatic rings. The Bertz CT molecular complexity index is 124.